The van der Waals surface area contributed by atoms with Crippen LogP contribution in [0.15, 0.2) is 6.07 Å². The lowest BCUT2D eigenvalue weighted by Gasteiger charge is -2.34. The maximum Gasteiger partial charge on any atom is 0.197 e. The molecule has 1 atom stereocenters. The van der Waals surface area contributed by atoms with Gasteiger partial charge >= 0.3 is 0 Å². The topological polar surface area (TPSA) is 9.23 Å². The van der Waals surface area contributed by atoms with Crippen molar-refractivity contribution >= 4 is 0 Å². The maximum atomic E-state index is 13.9. The van der Waals surface area contributed by atoms with Crippen molar-refractivity contribution in [3.63, 3.8) is 0 Å². The lowest BCUT2D eigenvalue weighted by Crippen LogP contribution is -2.35. The van der Waals surface area contributed by atoms with Crippen molar-refractivity contribution in [2.75, 3.05) is 6.61 Å². The molecule has 27 heavy (non-hydrogen) atoms. The lowest BCUT2D eigenvalue weighted by molar-refractivity contribution is -0.0598. The van der Waals surface area contributed by atoms with E-state index in [1.54, 1.807) is 0 Å². The first-order chi connectivity index (χ1) is 12.7. The normalized spacial score (nSPS) is 13.2. The minimum Gasteiger partial charge on any atom is -0.376 e. The summed E-state index contributed by atoms with van der Waals surface area (Å²) in [5.41, 5.74) is -0.530. The number of unbranched alkanes of at least 4 members (excludes halogenated alkanes) is 5. The summed E-state index contributed by atoms with van der Waals surface area (Å²) in [5, 5.41) is 0. The van der Waals surface area contributed by atoms with Crippen LogP contribution in [-0.2, 0) is 11.2 Å². The van der Waals surface area contributed by atoms with E-state index in [9.17, 15) is 17.6 Å². The van der Waals surface area contributed by atoms with Crippen molar-refractivity contribution in [2.24, 2.45) is 5.92 Å². The molecule has 1 rings (SSSR count). The van der Waals surface area contributed by atoms with Gasteiger partial charge in [0.05, 0.1) is 5.60 Å². The molecule has 0 aliphatic carbocycles. The number of rotatable bonds is 13. The highest BCUT2D eigenvalue weighted by Gasteiger charge is 2.30. The fourth-order valence-corrected chi connectivity index (χ4v) is 3.63. The Morgan fingerprint density at radius 3 is 2.11 bits per heavy atom. The molecule has 0 spiro atoms. The van der Waals surface area contributed by atoms with E-state index in [0.717, 1.165) is 25.3 Å². The van der Waals surface area contributed by atoms with Crippen LogP contribution in [0.2, 0.25) is 0 Å². The van der Waals surface area contributed by atoms with Crippen LogP contribution in [0.5, 0.6) is 0 Å². The van der Waals surface area contributed by atoms with E-state index in [1.165, 1.54) is 25.7 Å². The molecule has 0 heterocycles. The Labute approximate surface area is 161 Å². The minimum absolute atomic E-state index is 0.119. The molecule has 0 amide bonds. The largest absolute Gasteiger partial charge is 0.376 e. The summed E-state index contributed by atoms with van der Waals surface area (Å²) < 4.78 is 59.9. The Morgan fingerprint density at radius 1 is 0.852 bits per heavy atom. The molecular formula is C22H34F4O. The molecule has 156 valence electrons. The van der Waals surface area contributed by atoms with Crippen molar-refractivity contribution in [1.29, 1.82) is 0 Å². The van der Waals surface area contributed by atoms with E-state index in [2.05, 4.69) is 6.92 Å². The second kappa shape index (κ2) is 11.7. The van der Waals surface area contributed by atoms with E-state index in [0.29, 0.717) is 13.0 Å². The predicted molar refractivity (Wildman–Crippen MR) is 102 cm³/mol. The van der Waals surface area contributed by atoms with Gasteiger partial charge in [0, 0.05) is 6.61 Å². The zero-order valence-corrected chi connectivity index (χ0v) is 17.1. The first kappa shape index (κ1) is 23.9. The van der Waals surface area contributed by atoms with Gasteiger partial charge in [0.2, 0.25) is 0 Å². The highest BCUT2D eigenvalue weighted by Crippen LogP contribution is 2.32. The van der Waals surface area contributed by atoms with Crippen LogP contribution in [0.4, 0.5) is 17.6 Å². The molecular weight excluding hydrogens is 356 g/mol. The smallest absolute Gasteiger partial charge is 0.197 e. The van der Waals surface area contributed by atoms with Crippen LogP contribution < -0.4 is 0 Å². The maximum absolute atomic E-state index is 13.9. The van der Waals surface area contributed by atoms with Gasteiger partial charge in [-0.05, 0) is 57.6 Å². The molecule has 0 aromatic heterocycles. The van der Waals surface area contributed by atoms with E-state index in [4.69, 9.17) is 4.74 Å². The van der Waals surface area contributed by atoms with Gasteiger partial charge in [0.25, 0.3) is 0 Å². The van der Waals surface area contributed by atoms with E-state index >= 15 is 0 Å². The van der Waals surface area contributed by atoms with Gasteiger partial charge in [-0.3, -0.25) is 0 Å². The van der Waals surface area contributed by atoms with Crippen LogP contribution >= 0.6 is 0 Å². The molecule has 0 N–H and O–H groups in total. The summed E-state index contributed by atoms with van der Waals surface area (Å²) >= 11 is 0. The second-order valence-corrected chi connectivity index (χ2v) is 7.79. The predicted octanol–water partition coefficient (Wildman–Crippen LogP) is 7.36. The van der Waals surface area contributed by atoms with Gasteiger partial charge in [-0.25, -0.2) is 17.6 Å². The van der Waals surface area contributed by atoms with Crippen LogP contribution in [0.3, 0.4) is 0 Å². The molecule has 0 fully saturated rings. The van der Waals surface area contributed by atoms with Gasteiger partial charge in [0.15, 0.2) is 23.3 Å². The molecule has 0 radical (unpaired) electrons. The van der Waals surface area contributed by atoms with E-state index in [-0.39, 0.29) is 17.9 Å². The second-order valence-electron chi connectivity index (χ2n) is 7.79. The lowest BCUT2D eigenvalue weighted by atomic mass is 9.81. The zero-order valence-electron chi connectivity index (χ0n) is 17.1. The number of halogens is 4. The quantitative estimate of drug-likeness (QED) is 0.148. The number of aryl methyl sites for hydroxylation is 1. The Balaban J connectivity index is 2.74. The summed E-state index contributed by atoms with van der Waals surface area (Å²) in [6.07, 6.45) is 8.64. The number of hydrogen-bond donors (Lipinski definition) is 0. The van der Waals surface area contributed by atoms with Crippen molar-refractivity contribution in [2.45, 2.75) is 91.1 Å². The van der Waals surface area contributed by atoms with Crippen molar-refractivity contribution in [3.8, 4) is 0 Å². The molecule has 1 nitrogen and oxygen atoms in total. The molecule has 1 aromatic carbocycles. The standard InChI is InChI=1S/C22H34F4O/c1-5-7-8-9-10-11-12-17(22(3,4)27-6-2)14-13-16-15-18(23)20(25)21(26)19(16)24/h15,17H,5-14H2,1-4H3. The summed E-state index contributed by atoms with van der Waals surface area (Å²) in [6, 6.07) is 0.767. The monoisotopic (exact) mass is 390 g/mol. The number of hydrogen-bond acceptors (Lipinski definition) is 1. The first-order valence-electron chi connectivity index (χ1n) is 10.2. The average Bonchev–Trinajstić information content (AvgIpc) is 2.62. The summed E-state index contributed by atoms with van der Waals surface area (Å²) in [7, 11) is 0. The molecule has 0 bridgehead atoms. The van der Waals surface area contributed by atoms with E-state index < -0.39 is 28.9 Å². The Hall–Kier alpha value is -1.10. The Kier molecular flexibility index (Phi) is 10.4. The molecule has 1 unspecified atom stereocenters. The summed E-state index contributed by atoms with van der Waals surface area (Å²) in [6.45, 7) is 8.67. The molecule has 0 aliphatic rings. The highest BCUT2D eigenvalue weighted by atomic mass is 19.2. The van der Waals surface area contributed by atoms with E-state index in [1.807, 2.05) is 20.8 Å². The van der Waals surface area contributed by atoms with Gasteiger partial charge in [-0.15, -0.1) is 0 Å². The molecule has 0 saturated heterocycles. The molecule has 0 saturated carbocycles. The van der Waals surface area contributed by atoms with Crippen molar-refractivity contribution in [3.05, 3.63) is 34.9 Å². The highest BCUT2D eigenvalue weighted by molar-refractivity contribution is 5.22. The van der Waals surface area contributed by atoms with Crippen molar-refractivity contribution in [1.82, 2.24) is 0 Å². The minimum atomic E-state index is -1.76. The summed E-state index contributed by atoms with van der Waals surface area (Å²) in [5.74, 6) is -6.00. The third-order valence-corrected chi connectivity index (χ3v) is 5.35. The number of ether oxygens (including phenoxy) is 1. The molecule has 5 heteroatoms. The van der Waals surface area contributed by atoms with Crippen LogP contribution in [0, 0.1) is 29.2 Å². The van der Waals surface area contributed by atoms with Crippen LogP contribution in [0.25, 0.3) is 0 Å². The Morgan fingerprint density at radius 2 is 1.48 bits per heavy atom. The fourth-order valence-electron chi connectivity index (χ4n) is 3.63. The van der Waals surface area contributed by atoms with Gasteiger partial charge in [-0.1, -0.05) is 45.4 Å². The SMILES string of the molecule is CCCCCCCCC(CCc1cc(F)c(F)c(F)c1F)C(C)(C)OCC. The fraction of sp³-hybridized carbons (Fsp3) is 0.727. The average molecular weight is 391 g/mol. The first-order valence-corrected chi connectivity index (χ1v) is 10.2. The molecule has 1 aromatic rings. The van der Waals surface area contributed by atoms with Gasteiger partial charge in [0.1, 0.15) is 0 Å². The zero-order chi connectivity index (χ0) is 20.4. The number of benzene rings is 1. The Bertz CT molecular complexity index is 572. The van der Waals surface area contributed by atoms with Crippen molar-refractivity contribution < 1.29 is 22.3 Å². The van der Waals surface area contributed by atoms with Gasteiger partial charge in [-0.2, -0.15) is 0 Å². The van der Waals surface area contributed by atoms with Crippen LogP contribution in [0.1, 0.15) is 84.6 Å². The third kappa shape index (κ3) is 7.44. The third-order valence-electron chi connectivity index (χ3n) is 5.35. The molecule has 0 aliphatic heterocycles. The van der Waals surface area contributed by atoms with Gasteiger partial charge < -0.3 is 4.74 Å². The van der Waals surface area contributed by atoms with Crippen LogP contribution in [-0.4, -0.2) is 12.2 Å². The summed E-state index contributed by atoms with van der Waals surface area (Å²) in [4.78, 5) is 0.